The zero-order valence-corrected chi connectivity index (χ0v) is 19.7. The van der Waals surface area contributed by atoms with Gasteiger partial charge in [0.25, 0.3) is 0 Å². The molecule has 158 valence electrons. The Morgan fingerprint density at radius 1 is 1.31 bits per heavy atom. The molecule has 2 aromatic rings. The summed E-state index contributed by atoms with van der Waals surface area (Å²) < 4.78 is 7.83. The molecule has 2 heterocycles. The van der Waals surface area contributed by atoms with Crippen molar-refractivity contribution in [1.82, 2.24) is 20.0 Å². The Morgan fingerprint density at radius 3 is 2.76 bits per heavy atom. The number of halogens is 1. The highest BCUT2D eigenvalue weighted by Crippen LogP contribution is 2.48. The number of aryl methyl sites for hydroxylation is 1. The first-order valence-corrected chi connectivity index (χ1v) is 10.3. The van der Waals surface area contributed by atoms with Gasteiger partial charge in [0.2, 0.25) is 0 Å². The lowest BCUT2D eigenvalue weighted by Crippen LogP contribution is -2.48. The molecule has 0 spiro atoms. The summed E-state index contributed by atoms with van der Waals surface area (Å²) in [6, 6.07) is 10.8. The van der Waals surface area contributed by atoms with Gasteiger partial charge in [-0.2, -0.15) is 5.10 Å². The predicted octanol–water partition coefficient (Wildman–Crippen LogP) is 3.40. The number of nitrogens with one attached hydrogen (secondary N) is 1. The van der Waals surface area contributed by atoms with E-state index in [0.717, 1.165) is 44.1 Å². The first kappa shape index (κ1) is 22.1. The minimum atomic E-state index is 0. The highest BCUT2D eigenvalue weighted by Gasteiger charge is 2.42. The van der Waals surface area contributed by atoms with E-state index in [0.29, 0.717) is 12.0 Å². The van der Waals surface area contributed by atoms with Gasteiger partial charge in [0.05, 0.1) is 19.3 Å². The summed E-state index contributed by atoms with van der Waals surface area (Å²) in [4.78, 5) is 7.39. The van der Waals surface area contributed by atoms with Crippen LogP contribution in [0.25, 0.3) is 0 Å². The lowest BCUT2D eigenvalue weighted by atomic mass is 9.97. The van der Waals surface area contributed by atoms with Crippen LogP contribution < -0.4 is 5.32 Å². The van der Waals surface area contributed by atoms with Gasteiger partial charge in [-0.05, 0) is 37.2 Å². The van der Waals surface area contributed by atoms with E-state index >= 15 is 0 Å². The maximum absolute atomic E-state index is 5.99. The molecule has 1 N–H and O–H groups in total. The molecule has 2 fully saturated rings. The van der Waals surface area contributed by atoms with Crippen LogP contribution in [0.2, 0.25) is 0 Å². The van der Waals surface area contributed by atoms with E-state index in [-0.39, 0.29) is 30.1 Å². The third-order valence-electron chi connectivity index (χ3n) is 5.74. The average molecular weight is 509 g/mol. The second-order valence-electron chi connectivity index (χ2n) is 8.09. The predicted molar refractivity (Wildman–Crippen MR) is 127 cm³/mol. The fourth-order valence-corrected chi connectivity index (χ4v) is 3.91. The van der Waals surface area contributed by atoms with Gasteiger partial charge < -0.3 is 15.0 Å². The molecule has 0 radical (unpaired) electrons. The molecule has 1 aromatic carbocycles. The molecule has 7 heteroatoms. The van der Waals surface area contributed by atoms with E-state index in [9.17, 15) is 0 Å². The second-order valence-corrected chi connectivity index (χ2v) is 8.09. The molecule has 1 aliphatic carbocycles. The van der Waals surface area contributed by atoms with Crippen LogP contribution in [0.1, 0.15) is 37.0 Å². The molecular formula is C22H32IN5O. The molecule has 1 aromatic heterocycles. The highest BCUT2D eigenvalue weighted by atomic mass is 127. The molecule has 29 heavy (non-hydrogen) atoms. The fourth-order valence-electron chi connectivity index (χ4n) is 3.91. The Kier molecular flexibility index (Phi) is 7.56. The first-order chi connectivity index (χ1) is 13.7. The largest absolute Gasteiger partial charge is 0.370 e. The number of aromatic nitrogens is 2. The van der Waals surface area contributed by atoms with Gasteiger partial charge in [-0.1, -0.05) is 30.3 Å². The molecule has 1 saturated carbocycles. The van der Waals surface area contributed by atoms with Crippen molar-refractivity contribution in [3.05, 3.63) is 53.9 Å². The quantitative estimate of drug-likeness (QED) is 0.369. The molecule has 1 atom stereocenters. The van der Waals surface area contributed by atoms with Gasteiger partial charge in [-0.15, -0.1) is 24.0 Å². The Morgan fingerprint density at radius 2 is 2.10 bits per heavy atom. The standard InChI is InChI=1S/C22H31N5O.HI/c1-3-23-21(24-17-22(9-10-22)13-18-7-5-4-6-8-18)27-11-12-28-20(16-27)19-14-25-26(2)15-19;/h4-8,14-15,20H,3,9-13,16-17H2,1-2H3,(H,23,24);1H. The third kappa shape index (κ3) is 5.72. The van der Waals surface area contributed by atoms with Crippen molar-refractivity contribution in [2.24, 2.45) is 17.5 Å². The van der Waals surface area contributed by atoms with Gasteiger partial charge >= 0.3 is 0 Å². The first-order valence-electron chi connectivity index (χ1n) is 10.3. The van der Waals surface area contributed by atoms with E-state index < -0.39 is 0 Å². The zero-order valence-electron chi connectivity index (χ0n) is 17.4. The van der Waals surface area contributed by atoms with Crippen LogP contribution in [0.5, 0.6) is 0 Å². The molecule has 1 unspecified atom stereocenters. The third-order valence-corrected chi connectivity index (χ3v) is 5.74. The second kappa shape index (κ2) is 9.93. The van der Waals surface area contributed by atoms with E-state index in [1.165, 1.54) is 18.4 Å². The number of benzene rings is 1. The number of morpholine rings is 1. The van der Waals surface area contributed by atoms with Crippen LogP contribution in [0.15, 0.2) is 47.7 Å². The van der Waals surface area contributed by atoms with Crippen molar-refractivity contribution in [1.29, 1.82) is 0 Å². The Bertz CT molecular complexity index is 803. The van der Waals surface area contributed by atoms with Gasteiger partial charge in [-0.3, -0.25) is 9.67 Å². The summed E-state index contributed by atoms with van der Waals surface area (Å²) in [6.07, 6.45) is 7.65. The summed E-state index contributed by atoms with van der Waals surface area (Å²) >= 11 is 0. The summed E-state index contributed by atoms with van der Waals surface area (Å²) in [6.45, 7) is 6.28. The van der Waals surface area contributed by atoms with E-state index in [1.807, 2.05) is 24.1 Å². The van der Waals surface area contributed by atoms with E-state index in [2.05, 4.69) is 52.6 Å². The smallest absolute Gasteiger partial charge is 0.194 e. The van der Waals surface area contributed by atoms with Gasteiger partial charge in [0, 0.05) is 38.4 Å². The lowest BCUT2D eigenvalue weighted by Gasteiger charge is -2.35. The van der Waals surface area contributed by atoms with Crippen molar-refractivity contribution >= 4 is 29.9 Å². The van der Waals surface area contributed by atoms with E-state index in [1.54, 1.807) is 0 Å². The molecule has 2 aliphatic rings. The van der Waals surface area contributed by atoms with Crippen molar-refractivity contribution in [2.45, 2.75) is 32.3 Å². The minimum absolute atomic E-state index is 0. The fraction of sp³-hybridized carbons (Fsp3) is 0.545. The van der Waals surface area contributed by atoms with Crippen molar-refractivity contribution in [2.75, 3.05) is 32.8 Å². The maximum atomic E-state index is 5.99. The Labute approximate surface area is 190 Å². The number of guanidine groups is 1. The summed E-state index contributed by atoms with van der Waals surface area (Å²) in [7, 11) is 1.94. The van der Waals surface area contributed by atoms with Crippen molar-refractivity contribution < 1.29 is 4.74 Å². The molecule has 1 saturated heterocycles. The normalized spacial score (nSPS) is 20.8. The topological polar surface area (TPSA) is 54.7 Å². The summed E-state index contributed by atoms with van der Waals surface area (Å²) in [5.74, 6) is 1.01. The monoisotopic (exact) mass is 509 g/mol. The van der Waals surface area contributed by atoms with Crippen LogP contribution in [-0.4, -0.2) is 53.4 Å². The number of aliphatic imine (C=N–C) groups is 1. The van der Waals surface area contributed by atoms with Crippen LogP contribution in [0.4, 0.5) is 0 Å². The lowest BCUT2D eigenvalue weighted by molar-refractivity contribution is -0.00807. The van der Waals surface area contributed by atoms with Crippen LogP contribution in [-0.2, 0) is 18.2 Å². The number of hydrogen-bond donors (Lipinski definition) is 1. The Balaban J connectivity index is 0.00000240. The van der Waals surface area contributed by atoms with Crippen molar-refractivity contribution in [3.63, 3.8) is 0 Å². The molecule has 6 nitrogen and oxygen atoms in total. The maximum Gasteiger partial charge on any atom is 0.194 e. The molecule has 0 amide bonds. The zero-order chi connectivity index (χ0) is 19.4. The number of hydrogen-bond acceptors (Lipinski definition) is 3. The Hall–Kier alpha value is -1.61. The van der Waals surface area contributed by atoms with Crippen LogP contribution in [0, 0.1) is 5.41 Å². The van der Waals surface area contributed by atoms with Crippen LogP contribution >= 0.6 is 24.0 Å². The minimum Gasteiger partial charge on any atom is -0.370 e. The number of ether oxygens (including phenoxy) is 1. The van der Waals surface area contributed by atoms with Gasteiger partial charge in [0.15, 0.2) is 5.96 Å². The molecule has 1 aliphatic heterocycles. The van der Waals surface area contributed by atoms with Crippen molar-refractivity contribution in [3.8, 4) is 0 Å². The SMILES string of the molecule is CCNC(=NCC1(Cc2ccccc2)CC1)N1CCOC(c2cnn(C)c2)C1.I. The highest BCUT2D eigenvalue weighted by molar-refractivity contribution is 14.0. The van der Waals surface area contributed by atoms with Gasteiger partial charge in [-0.25, -0.2) is 0 Å². The number of nitrogens with zero attached hydrogens (tertiary/aromatic N) is 4. The van der Waals surface area contributed by atoms with E-state index in [4.69, 9.17) is 9.73 Å². The molecule has 4 rings (SSSR count). The number of rotatable bonds is 6. The summed E-state index contributed by atoms with van der Waals surface area (Å²) in [5, 5.41) is 7.78. The van der Waals surface area contributed by atoms with Gasteiger partial charge in [0.1, 0.15) is 6.10 Å². The molecular weight excluding hydrogens is 477 g/mol. The average Bonchev–Trinajstić information content (AvgIpc) is 3.34. The summed E-state index contributed by atoms with van der Waals surface area (Å²) in [5.41, 5.74) is 2.89. The molecule has 0 bridgehead atoms. The van der Waals surface area contributed by atoms with Crippen LogP contribution in [0.3, 0.4) is 0 Å².